The van der Waals surface area contributed by atoms with Gasteiger partial charge in [0.25, 0.3) is 11.8 Å². The zero-order valence-corrected chi connectivity index (χ0v) is 24.8. The van der Waals surface area contributed by atoms with Gasteiger partial charge in [-0.3, -0.25) is 14.5 Å². The van der Waals surface area contributed by atoms with Crippen LogP contribution in [0.25, 0.3) is 0 Å². The molecule has 7 nitrogen and oxygen atoms in total. The number of rotatable bonds is 9. The first-order valence-electron chi connectivity index (χ1n) is 14.0. The van der Waals surface area contributed by atoms with Gasteiger partial charge < -0.3 is 15.4 Å². The van der Waals surface area contributed by atoms with Gasteiger partial charge in [-0.2, -0.15) is 0 Å². The van der Waals surface area contributed by atoms with Crippen LogP contribution < -0.4 is 5.73 Å². The Balaban J connectivity index is 1.97. The molecule has 0 aromatic heterocycles. The van der Waals surface area contributed by atoms with Gasteiger partial charge in [-0.05, 0) is 60.8 Å². The van der Waals surface area contributed by atoms with Crippen LogP contribution in [-0.4, -0.2) is 58.9 Å². The molecule has 2 amide bonds. The molecule has 0 unspecified atom stereocenters. The molecule has 212 valence electrons. The first-order valence-corrected chi connectivity index (χ1v) is 14.0. The summed E-state index contributed by atoms with van der Waals surface area (Å²) in [4.78, 5) is 35.9. The third kappa shape index (κ3) is 6.70. The standard InChI is InChI=1S/C32H46N4O3/c1-9-10-11-12-23(4)32(16-15-22(2)3)29(38)36(30(33)34-32)20-25-13-14-27(31(6,7)8)26(19-25)28(37)35-17-18-39-21-24(35)5/h9-14,19,22,24H,4,15-18,20-21H2,1-3,5-8H3,(H2,33,34)/b10-9-,12-11-/t24-,32+/m0/s1. The fourth-order valence-electron chi connectivity index (χ4n) is 5.12. The lowest BCUT2D eigenvalue weighted by Gasteiger charge is -2.35. The van der Waals surface area contributed by atoms with E-state index in [0.29, 0.717) is 43.2 Å². The molecule has 1 aromatic carbocycles. The number of allylic oxidation sites excluding steroid dienone is 3. The molecule has 2 atom stereocenters. The lowest BCUT2D eigenvalue weighted by Crippen LogP contribution is -2.47. The number of carbonyl (C=O) groups is 2. The molecule has 0 spiro atoms. The number of ether oxygens (including phenoxy) is 1. The second-order valence-corrected chi connectivity index (χ2v) is 12.1. The van der Waals surface area contributed by atoms with E-state index in [4.69, 9.17) is 15.5 Å². The summed E-state index contributed by atoms with van der Waals surface area (Å²) in [5.41, 5.74) is 8.13. The van der Waals surface area contributed by atoms with Crippen LogP contribution >= 0.6 is 0 Å². The number of hydrogen-bond acceptors (Lipinski definition) is 5. The third-order valence-corrected chi connectivity index (χ3v) is 7.49. The number of aliphatic imine (C=N–C) groups is 1. The van der Waals surface area contributed by atoms with Gasteiger partial charge in [0.2, 0.25) is 0 Å². The Bertz CT molecular complexity index is 1170. The fourth-order valence-corrected chi connectivity index (χ4v) is 5.12. The van der Waals surface area contributed by atoms with E-state index in [9.17, 15) is 9.59 Å². The number of amides is 2. The molecular weight excluding hydrogens is 488 g/mol. The maximum atomic E-state index is 14.0. The number of nitrogens with two attached hydrogens (primary N) is 1. The van der Waals surface area contributed by atoms with E-state index >= 15 is 0 Å². The smallest absolute Gasteiger partial charge is 0.262 e. The van der Waals surface area contributed by atoms with Crippen molar-refractivity contribution in [2.75, 3.05) is 19.8 Å². The van der Waals surface area contributed by atoms with Gasteiger partial charge in [-0.25, -0.2) is 4.99 Å². The molecule has 1 aromatic rings. The largest absolute Gasteiger partial charge is 0.377 e. The minimum atomic E-state index is -1.13. The Kier molecular flexibility index (Phi) is 9.60. The van der Waals surface area contributed by atoms with Crippen molar-refractivity contribution in [2.45, 2.75) is 84.8 Å². The van der Waals surface area contributed by atoms with Gasteiger partial charge in [-0.1, -0.05) is 77.6 Å². The van der Waals surface area contributed by atoms with Crippen molar-refractivity contribution in [1.29, 1.82) is 0 Å². The van der Waals surface area contributed by atoms with Crippen molar-refractivity contribution < 1.29 is 14.3 Å². The minimum absolute atomic E-state index is 0.00569. The van der Waals surface area contributed by atoms with Crippen LogP contribution in [-0.2, 0) is 21.5 Å². The van der Waals surface area contributed by atoms with E-state index in [2.05, 4.69) is 41.2 Å². The van der Waals surface area contributed by atoms with E-state index in [-0.39, 0.29) is 35.8 Å². The lowest BCUT2D eigenvalue weighted by molar-refractivity contribution is -0.130. The zero-order valence-electron chi connectivity index (χ0n) is 24.8. The summed E-state index contributed by atoms with van der Waals surface area (Å²) < 4.78 is 5.55. The topological polar surface area (TPSA) is 88.2 Å². The average Bonchev–Trinajstić information content (AvgIpc) is 3.12. The van der Waals surface area contributed by atoms with Crippen LogP contribution in [0.15, 0.2) is 59.6 Å². The van der Waals surface area contributed by atoms with Crippen molar-refractivity contribution in [3.05, 3.63) is 71.3 Å². The van der Waals surface area contributed by atoms with E-state index in [1.54, 1.807) is 0 Å². The van der Waals surface area contributed by atoms with Crippen LogP contribution in [0, 0.1) is 5.92 Å². The zero-order chi connectivity index (χ0) is 29.0. The van der Waals surface area contributed by atoms with Crippen LogP contribution in [0.2, 0.25) is 0 Å². The number of nitrogens with zero attached hydrogens (tertiary/aromatic N) is 3. The van der Waals surface area contributed by atoms with Crippen molar-refractivity contribution in [1.82, 2.24) is 9.80 Å². The summed E-state index contributed by atoms with van der Waals surface area (Å²) in [6, 6.07) is 5.90. The summed E-state index contributed by atoms with van der Waals surface area (Å²) in [5, 5.41) is 0. The molecule has 3 rings (SSSR count). The summed E-state index contributed by atoms with van der Waals surface area (Å²) >= 11 is 0. The summed E-state index contributed by atoms with van der Waals surface area (Å²) in [5.74, 6) is 0.388. The van der Waals surface area contributed by atoms with Gasteiger partial charge in [0.05, 0.1) is 25.8 Å². The molecule has 0 saturated carbocycles. The Morgan fingerprint density at radius 2 is 2.03 bits per heavy atom. The number of benzene rings is 1. The fraction of sp³-hybridized carbons (Fsp3) is 0.531. The summed E-state index contributed by atoms with van der Waals surface area (Å²) in [6.07, 6.45) is 8.87. The van der Waals surface area contributed by atoms with Crippen molar-refractivity contribution >= 4 is 17.8 Å². The lowest BCUT2D eigenvalue weighted by atomic mass is 9.82. The first kappa shape index (κ1) is 30.4. The highest BCUT2D eigenvalue weighted by molar-refractivity contribution is 6.09. The van der Waals surface area contributed by atoms with Gasteiger partial charge >= 0.3 is 0 Å². The molecule has 7 heteroatoms. The molecule has 39 heavy (non-hydrogen) atoms. The molecule has 2 heterocycles. The quantitative estimate of drug-likeness (QED) is 0.432. The van der Waals surface area contributed by atoms with Crippen molar-refractivity contribution in [3.63, 3.8) is 0 Å². The molecular formula is C32H46N4O3. The Morgan fingerprint density at radius 3 is 2.64 bits per heavy atom. The molecule has 0 aliphatic carbocycles. The summed E-state index contributed by atoms with van der Waals surface area (Å²) in [6.45, 7) is 20.6. The second kappa shape index (κ2) is 12.3. The molecule has 1 saturated heterocycles. The van der Waals surface area contributed by atoms with Crippen LogP contribution in [0.3, 0.4) is 0 Å². The highest BCUT2D eigenvalue weighted by Crippen LogP contribution is 2.36. The Hall–Kier alpha value is -3.19. The maximum absolute atomic E-state index is 14.0. The van der Waals surface area contributed by atoms with E-state index in [0.717, 1.165) is 17.5 Å². The van der Waals surface area contributed by atoms with Gasteiger partial charge in [-0.15, -0.1) is 0 Å². The average molecular weight is 535 g/mol. The van der Waals surface area contributed by atoms with Crippen LogP contribution in [0.4, 0.5) is 0 Å². The molecule has 1 fully saturated rings. The monoisotopic (exact) mass is 534 g/mol. The molecule has 0 radical (unpaired) electrons. The minimum Gasteiger partial charge on any atom is -0.377 e. The van der Waals surface area contributed by atoms with E-state index in [1.807, 2.05) is 61.3 Å². The second-order valence-electron chi connectivity index (χ2n) is 12.1. The normalized spacial score (nSPS) is 22.4. The van der Waals surface area contributed by atoms with Gasteiger partial charge in [0.1, 0.15) is 0 Å². The molecule has 2 aliphatic rings. The number of morpholine rings is 1. The van der Waals surface area contributed by atoms with Crippen molar-refractivity contribution in [3.8, 4) is 0 Å². The van der Waals surface area contributed by atoms with Crippen molar-refractivity contribution in [2.24, 2.45) is 16.6 Å². The van der Waals surface area contributed by atoms with Gasteiger partial charge in [0, 0.05) is 12.1 Å². The first-order chi connectivity index (χ1) is 18.3. The molecule has 0 bridgehead atoms. The number of guanidine groups is 1. The van der Waals surface area contributed by atoms with E-state index in [1.165, 1.54) is 4.90 Å². The molecule has 2 N–H and O–H groups in total. The summed E-state index contributed by atoms with van der Waals surface area (Å²) in [7, 11) is 0. The third-order valence-electron chi connectivity index (χ3n) is 7.49. The van der Waals surface area contributed by atoms with Crippen LogP contribution in [0.1, 0.15) is 82.8 Å². The highest BCUT2D eigenvalue weighted by Gasteiger charge is 2.48. The predicted octanol–water partition coefficient (Wildman–Crippen LogP) is 5.37. The SMILES string of the molecule is C=C(/C=C\C=C/C)[C@@]1(CCC(C)C)N=C(N)N(Cc2ccc(C(C)(C)C)c(C(=O)N3CCOC[C@@H]3C)c2)C1=O. The van der Waals surface area contributed by atoms with E-state index < -0.39 is 5.54 Å². The highest BCUT2D eigenvalue weighted by atomic mass is 16.5. The number of hydrogen-bond donors (Lipinski definition) is 1. The van der Waals surface area contributed by atoms with Crippen LogP contribution in [0.5, 0.6) is 0 Å². The Morgan fingerprint density at radius 1 is 1.31 bits per heavy atom. The maximum Gasteiger partial charge on any atom is 0.262 e. The number of carbonyl (C=O) groups excluding carboxylic acids is 2. The molecule has 2 aliphatic heterocycles. The van der Waals surface area contributed by atoms with Gasteiger partial charge in [0.15, 0.2) is 11.5 Å². The predicted molar refractivity (Wildman–Crippen MR) is 159 cm³/mol. The Labute approximate surface area is 234 Å².